The predicted molar refractivity (Wildman–Crippen MR) is 82.9 cm³/mol. The molecule has 1 spiro atoms. The summed E-state index contributed by atoms with van der Waals surface area (Å²) in [5.41, 5.74) is 0.725. The lowest BCUT2D eigenvalue weighted by atomic mass is 9.68. The molecule has 3 heterocycles. The van der Waals surface area contributed by atoms with Gasteiger partial charge in [0.2, 0.25) is 0 Å². The molecule has 0 unspecified atom stereocenters. The van der Waals surface area contributed by atoms with E-state index < -0.39 is 0 Å². The summed E-state index contributed by atoms with van der Waals surface area (Å²) in [6, 6.07) is 1.82. The highest BCUT2D eigenvalue weighted by atomic mass is 15.2. The molecule has 3 heteroatoms. The molecule has 0 aromatic rings. The second-order valence-corrected chi connectivity index (χ2v) is 8.16. The number of likely N-dealkylation sites (tertiary alicyclic amines) is 2. The zero-order chi connectivity index (χ0) is 13.6. The lowest BCUT2D eigenvalue weighted by Gasteiger charge is -2.51. The van der Waals surface area contributed by atoms with E-state index in [0.29, 0.717) is 0 Å². The van der Waals surface area contributed by atoms with Crippen molar-refractivity contribution < 1.29 is 0 Å². The summed E-state index contributed by atoms with van der Waals surface area (Å²) in [6.07, 6.45) is 8.74. The molecule has 3 aliphatic heterocycles. The van der Waals surface area contributed by atoms with Gasteiger partial charge in [0.25, 0.3) is 0 Å². The normalized spacial score (nSPS) is 34.0. The van der Waals surface area contributed by atoms with Crippen LogP contribution < -0.4 is 5.32 Å². The third kappa shape index (κ3) is 2.42. The molecular weight excluding hydrogens is 246 g/mol. The Labute approximate surface area is 124 Å². The second kappa shape index (κ2) is 5.26. The van der Waals surface area contributed by atoms with Gasteiger partial charge in [-0.25, -0.2) is 0 Å². The maximum absolute atomic E-state index is 3.48. The smallest absolute Gasteiger partial charge is 0.0120 e. The molecule has 1 saturated carbocycles. The van der Waals surface area contributed by atoms with Crippen molar-refractivity contribution in [3.63, 3.8) is 0 Å². The van der Waals surface area contributed by atoms with E-state index in [-0.39, 0.29) is 0 Å². The number of rotatable bonds is 2. The van der Waals surface area contributed by atoms with Crippen LogP contribution in [0, 0.1) is 11.3 Å². The SMILES string of the molecule is CC1CN(C2CCN(C3CCC4(CC3)CNC4)CC2)C1. The topological polar surface area (TPSA) is 18.5 Å². The average molecular weight is 277 g/mol. The minimum absolute atomic E-state index is 0.725. The molecule has 1 N–H and O–H groups in total. The third-order valence-corrected chi connectivity index (χ3v) is 6.64. The number of nitrogens with zero attached hydrogens (tertiary/aromatic N) is 2. The van der Waals surface area contributed by atoms with Crippen LogP contribution in [-0.2, 0) is 0 Å². The molecule has 0 aromatic carbocycles. The van der Waals surface area contributed by atoms with Crippen molar-refractivity contribution in [2.75, 3.05) is 39.3 Å². The fraction of sp³-hybridized carbons (Fsp3) is 1.00. The number of piperidine rings is 1. The van der Waals surface area contributed by atoms with Gasteiger partial charge in [0.1, 0.15) is 0 Å². The monoisotopic (exact) mass is 277 g/mol. The average Bonchev–Trinajstić information content (AvgIpc) is 2.43. The Bertz CT molecular complexity index is 328. The van der Waals surface area contributed by atoms with Gasteiger partial charge in [0.05, 0.1) is 0 Å². The molecule has 3 saturated heterocycles. The molecule has 0 radical (unpaired) electrons. The number of hydrogen-bond donors (Lipinski definition) is 1. The Kier molecular flexibility index (Phi) is 3.56. The first kappa shape index (κ1) is 13.5. The summed E-state index contributed by atoms with van der Waals surface area (Å²) in [4.78, 5) is 5.57. The summed E-state index contributed by atoms with van der Waals surface area (Å²) in [6.45, 7) is 10.5. The maximum Gasteiger partial charge on any atom is 0.0120 e. The van der Waals surface area contributed by atoms with Crippen LogP contribution in [-0.4, -0.2) is 61.2 Å². The summed E-state index contributed by atoms with van der Waals surface area (Å²) in [5.74, 6) is 0.957. The Balaban J connectivity index is 1.23. The highest BCUT2D eigenvalue weighted by molar-refractivity contribution is 4.98. The maximum atomic E-state index is 3.48. The van der Waals surface area contributed by atoms with Crippen molar-refractivity contribution in [1.29, 1.82) is 0 Å². The van der Waals surface area contributed by atoms with Gasteiger partial charge in [-0.2, -0.15) is 0 Å². The van der Waals surface area contributed by atoms with E-state index in [2.05, 4.69) is 22.0 Å². The van der Waals surface area contributed by atoms with Crippen LogP contribution in [0.2, 0.25) is 0 Å². The molecule has 0 bridgehead atoms. The van der Waals surface area contributed by atoms with E-state index >= 15 is 0 Å². The van der Waals surface area contributed by atoms with E-state index in [1.165, 1.54) is 77.8 Å². The van der Waals surface area contributed by atoms with E-state index in [1.54, 1.807) is 0 Å². The lowest BCUT2D eigenvalue weighted by molar-refractivity contribution is -0.000886. The van der Waals surface area contributed by atoms with Crippen molar-refractivity contribution in [3.8, 4) is 0 Å². The van der Waals surface area contributed by atoms with Crippen LogP contribution >= 0.6 is 0 Å². The number of hydrogen-bond acceptors (Lipinski definition) is 3. The standard InChI is InChI=1S/C17H31N3/c1-14-10-20(11-14)16-4-8-19(9-5-16)15-2-6-17(7-3-15)12-18-13-17/h14-16,18H,2-13H2,1H3. The quantitative estimate of drug-likeness (QED) is 0.832. The number of nitrogens with one attached hydrogen (secondary N) is 1. The van der Waals surface area contributed by atoms with Gasteiger partial charge >= 0.3 is 0 Å². The molecule has 3 nitrogen and oxygen atoms in total. The van der Waals surface area contributed by atoms with Crippen molar-refractivity contribution in [3.05, 3.63) is 0 Å². The van der Waals surface area contributed by atoms with Crippen LogP contribution in [0.5, 0.6) is 0 Å². The molecule has 20 heavy (non-hydrogen) atoms. The molecule has 0 amide bonds. The Hall–Kier alpha value is -0.120. The van der Waals surface area contributed by atoms with Gasteiger partial charge in [-0.15, -0.1) is 0 Å². The van der Waals surface area contributed by atoms with Gasteiger partial charge in [0, 0.05) is 38.3 Å². The largest absolute Gasteiger partial charge is 0.316 e. The molecule has 0 atom stereocenters. The van der Waals surface area contributed by atoms with Crippen LogP contribution in [0.25, 0.3) is 0 Å². The molecule has 114 valence electrons. The fourth-order valence-electron chi connectivity index (χ4n) is 5.07. The van der Waals surface area contributed by atoms with E-state index in [4.69, 9.17) is 0 Å². The van der Waals surface area contributed by atoms with E-state index in [0.717, 1.165) is 23.4 Å². The summed E-state index contributed by atoms with van der Waals surface area (Å²) >= 11 is 0. The third-order valence-electron chi connectivity index (χ3n) is 6.64. The molecular formula is C17H31N3. The Morgan fingerprint density at radius 1 is 0.850 bits per heavy atom. The lowest BCUT2D eigenvalue weighted by Crippen LogP contribution is -2.58. The first-order valence-corrected chi connectivity index (χ1v) is 8.93. The molecule has 1 aliphatic carbocycles. The predicted octanol–water partition coefficient (Wildman–Crippen LogP) is 1.93. The van der Waals surface area contributed by atoms with Crippen molar-refractivity contribution in [2.24, 2.45) is 11.3 Å². The zero-order valence-electron chi connectivity index (χ0n) is 13.1. The van der Waals surface area contributed by atoms with Gasteiger partial charge in [-0.05, 0) is 62.9 Å². The van der Waals surface area contributed by atoms with Gasteiger partial charge in [-0.1, -0.05) is 6.92 Å². The van der Waals surface area contributed by atoms with Crippen LogP contribution in [0.3, 0.4) is 0 Å². The summed E-state index contributed by atoms with van der Waals surface area (Å²) in [7, 11) is 0. The first-order chi connectivity index (χ1) is 9.74. The summed E-state index contributed by atoms with van der Waals surface area (Å²) in [5, 5.41) is 3.48. The fourth-order valence-corrected chi connectivity index (χ4v) is 5.07. The van der Waals surface area contributed by atoms with E-state index in [9.17, 15) is 0 Å². The first-order valence-electron chi connectivity index (χ1n) is 8.93. The van der Waals surface area contributed by atoms with Crippen LogP contribution in [0.15, 0.2) is 0 Å². The minimum atomic E-state index is 0.725. The second-order valence-electron chi connectivity index (χ2n) is 8.16. The minimum Gasteiger partial charge on any atom is -0.316 e. The highest BCUT2D eigenvalue weighted by Crippen LogP contribution is 2.41. The molecule has 4 aliphatic rings. The summed E-state index contributed by atoms with van der Waals surface area (Å²) < 4.78 is 0. The molecule has 4 rings (SSSR count). The molecule has 0 aromatic heterocycles. The Morgan fingerprint density at radius 3 is 1.95 bits per heavy atom. The Morgan fingerprint density at radius 2 is 1.45 bits per heavy atom. The van der Waals surface area contributed by atoms with Gasteiger partial charge in [0.15, 0.2) is 0 Å². The van der Waals surface area contributed by atoms with Gasteiger partial charge < -0.3 is 10.2 Å². The van der Waals surface area contributed by atoms with Crippen LogP contribution in [0.1, 0.15) is 45.4 Å². The van der Waals surface area contributed by atoms with Crippen molar-refractivity contribution >= 4 is 0 Å². The van der Waals surface area contributed by atoms with Crippen molar-refractivity contribution in [2.45, 2.75) is 57.5 Å². The van der Waals surface area contributed by atoms with Crippen LogP contribution in [0.4, 0.5) is 0 Å². The van der Waals surface area contributed by atoms with E-state index in [1.807, 2.05) is 0 Å². The van der Waals surface area contributed by atoms with Crippen molar-refractivity contribution in [1.82, 2.24) is 15.1 Å². The molecule has 4 fully saturated rings. The zero-order valence-corrected chi connectivity index (χ0v) is 13.1. The highest BCUT2D eigenvalue weighted by Gasteiger charge is 2.42. The van der Waals surface area contributed by atoms with Gasteiger partial charge in [-0.3, -0.25) is 4.90 Å².